The molecule has 0 radical (unpaired) electrons. The van der Waals surface area contributed by atoms with Crippen molar-refractivity contribution in [3.05, 3.63) is 29.8 Å². The molecule has 1 aliphatic heterocycles. The van der Waals surface area contributed by atoms with Gasteiger partial charge < -0.3 is 34.5 Å². The van der Waals surface area contributed by atoms with Crippen LogP contribution in [0.15, 0.2) is 29.2 Å². The summed E-state index contributed by atoms with van der Waals surface area (Å²) in [5.74, 6) is -0.978. The monoisotopic (exact) mass is 557 g/mol. The van der Waals surface area contributed by atoms with Crippen LogP contribution >= 0.6 is 46.6 Å². The number of hydrogen-bond acceptors (Lipinski definition) is 9. The highest BCUT2D eigenvalue weighted by Gasteiger charge is 2.48. The number of ether oxygens (including phenoxy) is 3. The highest BCUT2D eigenvalue weighted by molar-refractivity contribution is 7.99. The first-order valence-corrected chi connectivity index (χ1v) is 12.3. The van der Waals surface area contributed by atoms with E-state index in [9.17, 15) is 24.6 Å². The largest absolute Gasteiger partial charge is 0.457 e. The van der Waals surface area contributed by atoms with E-state index in [2.05, 4.69) is 5.32 Å². The highest BCUT2D eigenvalue weighted by Crippen LogP contribution is 2.35. The molecule has 13 heteroatoms. The number of rotatable bonds is 9. The van der Waals surface area contributed by atoms with E-state index in [-0.39, 0.29) is 18.6 Å². The van der Waals surface area contributed by atoms with Crippen LogP contribution in [0.1, 0.15) is 25.3 Å². The summed E-state index contributed by atoms with van der Waals surface area (Å²) in [6.45, 7) is 2.12. The number of Topliss-reactive ketones (excluding diaryl/α,β-unsaturated/α-hetero) is 1. The van der Waals surface area contributed by atoms with Gasteiger partial charge in [-0.15, -0.1) is 0 Å². The summed E-state index contributed by atoms with van der Waals surface area (Å²) in [7, 11) is 0. The van der Waals surface area contributed by atoms with Gasteiger partial charge in [0.1, 0.15) is 36.1 Å². The van der Waals surface area contributed by atoms with Gasteiger partial charge in [0.15, 0.2) is 6.10 Å². The Morgan fingerprint density at radius 2 is 1.82 bits per heavy atom. The fourth-order valence-corrected chi connectivity index (χ4v) is 4.32. The number of aryl methyl sites for hydroxylation is 1. The third-order valence-electron chi connectivity index (χ3n) is 4.73. The van der Waals surface area contributed by atoms with Gasteiger partial charge in [0.05, 0.1) is 13.0 Å². The molecule has 0 aliphatic carbocycles. The van der Waals surface area contributed by atoms with Crippen molar-refractivity contribution in [2.24, 2.45) is 0 Å². The Balaban J connectivity index is 2.29. The second kappa shape index (κ2) is 13.2. The van der Waals surface area contributed by atoms with E-state index in [0.29, 0.717) is 0 Å². The molecule has 1 aromatic rings. The summed E-state index contributed by atoms with van der Waals surface area (Å²) in [4.78, 5) is 36.8. The van der Waals surface area contributed by atoms with Crippen LogP contribution in [0.25, 0.3) is 0 Å². The SMILES string of the molecule is CC(=O)CCC(=O)O[C@H]1[C@H](O)[C@@H](CO)O[C@@H](Sc2ccc(C)cc2)[C@@H]1NC(=O)OCC(Cl)(Cl)Cl. The van der Waals surface area contributed by atoms with E-state index in [4.69, 9.17) is 49.0 Å². The minimum atomic E-state index is -1.85. The summed E-state index contributed by atoms with van der Waals surface area (Å²) in [6, 6.07) is 6.29. The highest BCUT2D eigenvalue weighted by atomic mass is 35.6. The van der Waals surface area contributed by atoms with Crippen LogP contribution in [0.4, 0.5) is 4.79 Å². The maximum atomic E-state index is 12.4. The standard InChI is InChI=1S/C21H26Cl3NO8S/c1-11-3-6-13(7-4-11)34-19-16(25-20(30)31-10-21(22,23)24)18(17(29)14(9-26)32-19)33-15(28)8-5-12(2)27/h3-4,6-7,14,16-19,26,29H,5,8-10H2,1-2H3,(H,25,30)/t14-,16-,17-,18-,19+/m1/s1. The van der Waals surface area contributed by atoms with Crippen LogP contribution in [-0.2, 0) is 23.8 Å². The van der Waals surface area contributed by atoms with Crippen LogP contribution < -0.4 is 5.32 Å². The van der Waals surface area contributed by atoms with Gasteiger partial charge in [-0.25, -0.2) is 4.79 Å². The molecule has 0 spiro atoms. The number of alkyl halides is 3. The zero-order valence-corrected chi connectivity index (χ0v) is 21.5. The topological polar surface area (TPSA) is 131 Å². The normalized spacial score (nSPS) is 24.9. The van der Waals surface area contributed by atoms with Gasteiger partial charge in [-0.2, -0.15) is 0 Å². The number of aliphatic hydroxyl groups excluding tert-OH is 2. The number of benzene rings is 1. The number of thioether (sulfide) groups is 1. The quantitative estimate of drug-likeness (QED) is 0.309. The predicted octanol–water partition coefficient (Wildman–Crippen LogP) is 2.91. The van der Waals surface area contributed by atoms with E-state index < -0.39 is 58.9 Å². The third-order valence-corrected chi connectivity index (χ3v) is 6.24. The number of amides is 1. The molecule has 2 rings (SSSR count). The van der Waals surface area contributed by atoms with Gasteiger partial charge in [-0.05, 0) is 26.0 Å². The van der Waals surface area contributed by atoms with Crippen LogP contribution in [0.3, 0.4) is 0 Å². The molecular formula is C21H26Cl3NO8S. The van der Waals surface area contributed by atoms with Gasteiger partial charge in [0, 0.05) is 11.3 Å². The molecule has 5 atom stereocenters. The van der Waals surface area contributed by atoms with Crippen molar-refractivity contribution in [1.82, 2.24) is 5.32 Å². The first-order valence-electron chi connectivity index (χ1n) is 10.3. The molecule has 9 nitrogen and oxygen atoms in total. The number of alkyl carbamates (subject to hydrolysis) is 1. The molecule has 1 aliphatic rings. The van der Waals surface area contributed by atoms with Crippen molar-refractivity contribution in [1.29, 1.82) is 0 Å². The second-order valence-corrected chi connectivity index (χ2v) is 11.4. The molecular weight excluding hydrogens is 533 g/mol. The minimum Gasteiger partial charge on any atom is -0.457 e. The van der Waals surface area contributed by atoms with Gasteiger partial charge >= 0.3 is 12.1 Å². The molecule has 0 saturated carbocycles. The van der Waals surface area contributed by atoms with Gasteiger partial charge in [0.2, 0.25) is 3.79 Å². The lowest BCUT2D eigenvalue weighted by Crippen LogP contribution is -2.64. The number of hydrogen-bond donors (Lipinski definition) is 3. The zero-order valence-electron chi connectivity index (χ0n) is 18.4. The molecule has 1 fully saturated rings. The number of ketones is 1. The molecule has 0 aromatic heterocycles. The summed E-state index contributed by atoms with van der Waals surface area (Å²) in [5, 5.41) is 22.9. The van der Waals surface area contributed by atoms with Gasteiger partial charge in [0.25, 0.3) is 0 Å². The number of nitrogens with one attached hydrogen (secondary N) is 1. The molecule has 190 valence electrons. The Bertz CT molecular complexity index is 851. The average molecular weight is 559 g/mol. The molecule has 1 amide bonds. The van der Waals surface area contributed by atoms with Crippen molar-refractivity contribution in [2.45, 2.75) is 65.2 Å². The Morgan fingerprint density at radius 1 is 1.18 bits per heavy atom. The molecule has 3 N–H and O–H groups in total. The first-order chi connectivity index (χ1) is 15.9. The van der Waals surface area contributed by atoms with E-state index in [1.165, 1.54) is 18.7 Å². The molecule has 34 heavy (non-hydrogen) atoms. The minimum absolute atomic E-state index is 0.0491. The Hall–Kier alpha value is -1.27. The van der Waals surface area contributed by atoms with E-state index in [1.807, 2.05) is 31.2 Å². The Labute approximate surface area is 216 Å². The molecule has 1 saturated heterocycles. The molecule has 0 unspecified atom stereocenters. The lowest BCUT2D eigenvalue weighted by Gasteiger charge is -2.43. The fourth-order valence-electron chi connectivity index (χ4n) is 3.03. The van der Waals surface area contributed by atoms with Crippen molar-refractivity contribution in [2.75, 3.05) is 13.2 Å². The Morgan fingerprint density at radius 3 is 2.38 bits per heavy atom. The number of halogens is 3. The fraction of sp³-hybridized carbons (Fsp3) is 0.571. The smallest absolute Gasteiger partial charge is 0.407 e. The number of carbonyl (C=O) groups excluding carboxylic acids is 3. The van der Waals surface area contributed by atoms with Crippen LogP contribution in [0.2, 0.25) is 0 Å². The molecule has 1 heterocycles. The molecule has 1 aromatic carbocycles. The summed E-state index contributed by atoms with van der Waals surface area (Å²) in [6.07, 6.45) is -5.19. The number of esters is 1. The second-order valence-electron chi connectivity index (χ2n) is 7.66. The summed E-state index contributed by atoms with van der Waals surface area (Å²) in [5.41, 5.74) is 0.119. The van der Waals surface area contributed by atoms with Crippen molar-refractivity contribution in [3.8, 4) is 0 Å². The van der Waals surface area contributed by atoms with Crippen LogP contribution in [-0.4, -0.2) is 74.9 Å². The number of carbonyl (C=O) groups is 3. The lowest BCUT2D eigenvalue weighted by molar-refractivity contribution is -0.195. The van der Waals surface area contributed by atoms with E-state index in [1.54, 1.807) is 0 Å². The lowest BCUT2D eigenvalue weighted by atomic mass is 9.97. The average Bonchev–Trinajstić information content (AvgIpc) is 2.76. The Kier molecular flexibility index (Phi) is 11.2. The van der Waals surface area contributed by atoms with Crippen molar-refractivity contribution < 1.29 is 38.8 Å². The summed E-state index contributed by atoms with van der Waals surface area (Å²) < 4.78 is 14.3. The third kappa shape index (κ3) is 9.41. The maximum Gasteiger partial charge on any atom is 0.407 e. The van der Waals surface area contributed by atoms with Crippen molar-refractivity contribution in [3.63, 3.8) is 0 Å². The van der Waals surface area contributed by atoms with Gasteiger partial charge in [-0.1, -0.05) is 64.3 Å². The molecule has 0 bridgehead atoms. The predicted molar refractivity (Wildman–Crippen MR) is 127 cm³/mol. The zero-order chi connectivity index (χ0) is 25.5. The van der Waals surface area contributed by atoms with Crippen molar-refractivity contribution >= 4 is 64.4 Å². The van der Waals surface area contributed by atoms with Crippen LogP contribution in [0, 0.1) is 6.92 Å². The maximum absolute atomic E-state index is 12.4. The van der Waals surface area contributed by atoms with Gasteiger partial charge in [-0.3, -0.25) is 4.79 Å². The van der Waals surface area contributed by atoms with Crippen LogP contribution in [0.5, 0.6) is 0 Å². The number of aliphatic hydroxyl groups is 2. The first kappa shape index (κ1) is 29.0. The summed E-state index contributed by atoms with van der Waals surface area (Å²) >= 11 is 18.0. The van der Waals surface area contributed by atoms with E-state index in [0.717, 1.165) is 10.5 Å². The van der Waals surface area contributed by atoms with E-state index >= 15 is 0 Å².